The molecule has 1 aliphatic heterocycles. The van der Waals surface area contributed by atoms with Gasteiger partial charge in [-0.15, -0.1) is 0 Å². The molecular weight excluding hydrogens is 266 g/mol. The van der Waals surface area contributed by atoms with Crippen LogP contribution in [0.3, 0.4) is 0 Å². The van der Waals surface area contributed by atoms with Gasteiger partial charge in [-0.3, -0.25) is 14.1 Å². The molecule has 1 aliphatic rings. The number of fused-ring (bicyclic) bond motifs is 1. The van der Waals surface area contributed by atoms with Gasteiger partial charge in [0.1, 0.15) is 5.65 Å². The molecule has 2 unspecified atom stereocenters. The van der Waals surface area contributed by atoms with Crippen molar-refractivity contribution in [1.82, 2.24) is 14.3 Å². The van der Waals surface area contributed by atoms with E-state index in [2.05, 4.69) is 16.8 Å². The number of aromatic nitrogens is 2. The van der Waals surface area contributed by atoms with Crippen LogP contribution in [0, 0.1) is 12.8 Å². The Labute approximate surface area is 123 Å². The van der Waals surface area contributed by atoms with E-state index in [1.54, 1.807) is 16.7 Å². The molecule has 2 aromatic rings. The van der Waals surface area contributed by atoms with E-state index in [0.717, 1.165) is 24.2 Å². The minimum atomic E-state index is -0.289. The van der Waals surface area contributed by atoms with Crippen LogP contribution in [0.5, 0.6) is 0 Å². The molecule has 5 heteroatoms. The molecule has 0 aromatic carbocycles. The molecule has 5 nitrogen and oxygen atoms in total. The number of nitrogens with zero attached hydrogens (tertiary/aromatic N) is 3. The fourth-order valence-electron chi connectivity index (χ4n) is 2.83. The molecule has 3 rings (SSSR count). The maximum Gasteiger partial charge on any atom is 0.258 e. The first-order valence-electron chi connectivity index (χ1n) is 7.42. The van der Waals surface area contributed by atoms with E-state index in [1.165, 1.54) is 0 Å². The summed E-state index contributed by atoms with van der Waals surface area (Å²) in [6.07, 6.45) is 2.50. The summed E-state index contributed by atoms with van der Waals surface area (Å²) in [6, 6.07) is 5.42. The van der Waals surface area contributed by atoms with Crippen molar-refractivity contribution in [3.63, 3.8) is 0 Å². The third-order valence-electron chi connectivity index (χ3n) is 4.25. The normalized spacial score (nSPS) is 23.6. The SMILES string of the molecule is Cc1ccc2nc(CN3CCC(C)C(O)C3)cc(=O)n2c1. The molecule has 112 valence electrons. The molecule has 1 N–H and O–H groups in total. The van der Waals surface area contributed by atoms with Gasteiger partial charge in [-0.1, -0.05) is 13.0 Å². The average molecular weight is 287 g/mol. The number of aryl methyl sites for hydroxylation is 1. The van der Waals surface area contributed by atoms with Gasteiger partial charge in [-0.25, -0.2) is 4.98 Å². The summed E-state index contributed by atoms with van der Waals surface area (Å²) in [7, 11) is 0. The summed E-state index contributed by atoms with van der Waals surface area (Å²) in [4.78, 5) is 18.9. The predicted molar refractivity (Wildman–Crippen MR) is 81.3 cm³/mol. The topological polar surface area (TPSA) is 57.8 Å². The number of rotatable bonds is 2. The van der Waals surface area contributed by atoms with E-state index in [0.29, 0.717) is 24.7 Å². The fourth-order valence-corrected chi connectivity index (χ4v) is 2.83. The van der Waals surface area contributed by atoms with Crippen molar-refractivity contribution in [2.75, 3.05) is 13.1 Å². The second kappa shape index (κ2) is 5.58. The van der Waals surface area contributed by atoms with Gasteiger partial charge in [0, 0.05) is 25.4 Å². The van der Waals surface area contributed by atoms with Crippen LogP contribution in [0.1, 0.15) is 24.6 Å². The third-order valence-corrected chi connectivity index (χ3v) is 4.25. The summed E-state index contributed by atoms with van der Waals surface area (Å²) in [5.74, 6) is 0.347. The molecule has 0 saturated carbocycles. The van der Waals surface area contributed by atoms with Crippen molar-refractivity contribution in [3.05, 3.63) is 46.0 Å². The van der Waals surface area contributed by atoms with E-state index in [4.69, 9.17) is 0 Å². The van der Waals surface area contributed by atoms with Gasteiger partial charge >= 0.3 is 0 Å². The molecule has 0 amide bonds. The molecular formula is C16H21N3O2. The number of aliphatic hydroxyl groups excluding tert-OH is 1. The molecule has 0 radical (unpaired) electrons. The van der Waals surface area contributed by atoms with Gasteiger partial charge in [-0.2, -0.15) is 0 Å². The Morgan fingerprint density at radius 3 is 3.00 bits per heavy atom. The highest BCUT2D eigenvalue weighted by molar-refractivity contribution is 5.39. The second-order valence-electron chi connectivity index (χ2n) is 6.09. The van der Waals surface area contributed by atoms with Crippen molar-refractivity contribution in [1.29, 1.82) is 0 Å². The maximum atomic E-state index is 12.2. The fraction of sp³-hybridized carbons (Fsp3) is 0.500. The molecule has 0 spiro atoms. The molecule has 1 fully saturated rings. The average Bonchev–Trinajstić information content (AvgIpc) is 2.44. The summed E-state index contributed by atoms with van der Waals surface area (Å²) >= 11 is 0. The van der Waals surface area contributed by atoms with Gasteiger partial charge in [0.2, 0.25) is 0 Å². The minimum Gasteiger partial charge on any atom is -0.392 e. The first kappa shape index (κ1) is 14.2. The zero-order valence-electron chi connectivity index (χ0n) is 12.5. The molecule has 2 atom stereocenters. The summed E-state index contributed by atoms with van der Waals surface area (Å²) in [5, 5.41) is 9.96. The van der Waals surface area contributed by atoms with E-state index in [-0.39, 0.29) is 11.7 Å². The van der Waals surface area contributed by atoms with Crippen molar-refractivity contribution >= 4 is 5.65 Å². The standard InChI is InChI=1S/C16H21N3O2/c1-11-3-4-15-17-13(7-16(21)19(15)8-11)9-18-6-5-12(2)14(20)10-18/h3-4,7-8,12,14,20H,5-6,9-10H2,1-2H3. The highest BCUT2D eigenvalue weighted by Gasteiger charge is 2.24. The Morgan fingerprint density at radius 2 is 2.24 bits per heavy atom. The number of piperidine rings is 1. The van der Waals surface area contributed by atoms with Crippen LogP contribution in [-0.2, 0) is 6.54 Å². The van der Waals surface area contributed by atoms with Gasteiger partial charge in [0.25, 0.3) is 5.56 Å². The minimum absolute atomic E-state index is 0.0513. The smallest absolute Gasteiger partial charge is 0.258 e. The summed E-state index contributed by atoms with van der Waals surface area (Å²) in [5.41, 5.74) is 2.43. The van der Waals surface area contributed by atoms with Crippen molar-refractivity contribution in [3.8, 4) is 0 Å². The lowest BCUT2D eigenvalue weighted by atomic mass is 9.96. The first-order chi connectivity index (χ1) is 10.0. The van der Waals surface area contributed by atoms with Crippen molar-refractivity contribution in [2.24, 2.45) is 5.92 Å². The summed E-state index contributed by atoms with van der Waals surface area (Å²) in [6.45, 7) is 6.23. The molecule has 3 heterocycles. The number of likely N-dealkylation sites (tertiary alicyclic amines) is 1. The maximum absolute atomic E-state index is 12.2. The molecule has 21 heavy (non-hydrogen) atoms. The monoisotopic (exact) mass is 287 g/mol. The van der Waals surface area contributed by atoms with Gasteiger partial charge < -0.3 is 5.11 Å². The number of hydrogen-bond donors (Lipinski definition) is 1. The van der Waals surface area contributed by atoms with Crippen molar-refractivity contribution in [2.45, 2.75) is 32.9 Å². The van der Waals surface area contributed by atoms with Gasteiger partial charge in [0.05, 0.1) is 11.8 Å². The Morgan fingerprint density at radius 1 is 1.43 bits per heavy atom. The van der Waals surface area contributed by atoms with E-state index in [9.17, 15) is 9.90 Å². The largest absolute Gasteiger partial charge is 0.392 e. The lowest BCUT2D eigenvalue weighted by Crippen LogP contribution is -2.42. The quantitative estimate of drug-likeness (QED) is 0.902. The van der Waals surface area contributed by atoms with Gasteiger partial charge in [0.15, 0.2) is 0 Å². The molecule has 1 saturated heterocycles. The molecule has 0 aliphatic carbocycles. The highest BCUT2D eigenvalue weighted by atomic mass is 16.3. The number of hydrogen-bond acceptors (Lipinski definition) is 4. The Balaban J connectivity index is 1.85. The first-order valence-corrected chi connectivity index (χ1v) is 7.42. The van der Waals surface area contributed by atoms with Crippen LogP contribution in [0.15, 0.2) is 29.2 Å². The van der Waals surface area contributed by atoms with Crippen molar-refractivity contribution < 1.29 is 5.11 Å². The number of pyridine rings is 1. The summed E-state index contributed by atoms with van der Waals surface area (Å²) < 4.78 is 1.58. The lowest BCUT2D eigenvalue weighted by Gasteiger charge is -2.33. The number of β-amino-alcohol motifs (C(OH)–C–C–N with tert-alkyl or cyclic N) is 1. The zero-order valence-corrected chi connectivity index (χ0v) is 12.5. The van der Waals surface area contributed by atoms with Crippen LogP contribution in [-0.4, -0.2) is 38.6 Å². The molecule has 0 bridgehead atoms. The van der Waals surface area contributed by atoms with E-state index < -0.39 is 0 Å². The van der Waals surface area contributed by atoms with Crippen LogP contribution in [0.25, 0.3) is 5.65 Å². The third kappa shape index (κ3) is 2.99. The van der Waals surface area contributed by atoms with Gasteiger partial charge in [-0.05, 0) is 37.4 Å². The van der Waals surface area contributed by atoms with Crippen LogP contribution >= 0.6 is 0 Å². The zero-order chi connectivity index (χ0) is 15.0. The van der Waals surface area contributed by atoms with E-state index in [1.807, 2.05) is 19.1 Å². The Bertz CT molecular complexity index is 710. The lowest BCUT2D eigenvalue weighted by molar-refractivity contribution is 0.0254. The van der Waals surface area contributed by atoms with Crippen LogP contribution in [0.2, 0.25) is 0 Å². The van der Waals surface area contributed by atoms with Crippen LogP contribution in [0.4, 0.5) is 0 Å². The Kier molecular flexibility index (Phi) is 3.78. The van der Waals surface area contributed by atoms with E-state index >= 15 is 0 Å². The van der Waals surface area contributed by atoms with Crippen LogP contribution < -0.4 is 5.56 Å². The predicted octanol–water partition coefficient (Wildman–Crippen LogP) is 1.21. The molecule has 2 aromatic heterocycles. The Hall–Kier alpha value is -1.72. The highest BCUT2D eigenvalue weighted by Crippen LogP contribution is 2.18. The second-order valence-corrected chi connectivity index (χ2v) is 6.09. The number of aliphatic hydroxyl groups is 1.